The number of alkyl halides is 2. The highest BCUT2D eigenvalue weighted by Gasteiger charge is 2.66. The Balaban J connectivity index is 1.95. The number of halogens is 2. The predicted molar refractivity (Wildman–Crippen MR) is 101 cm³/mol. The fraction of sp³-hybridized carbons (Fsp3) is 0.350. The first kappa shape index (κ1) is 18.6. The van der Waals surface area contributed by atoms with Gasteiger partial charge in [-0.05, 0) is 42.7 Å². The maximum atomic E-state index is 14.0. The van der Waals surface area contributed by atoms with Crippen LogP contribution in [-0.4, -0.2) is 23.8 Å². The predicted octanol–water partition coefficient (Wildman–Crippen LogP) is 3.44. The third kappa shape index (κ3) is 2.20. The van der Waals surface area contributed by atoms with Crippen LogP contribution in [0.5, 0.6) is 0 Å². The Morgan fingerprint density at radius 3 is 2.68 bits per heavy atom. The maximum absolute atomic E-state index is 14.0. The number of benzene rings is 1. The van der Waals surface area contributed by atoms with Gasteiger partial charge in [-0.3, -0.25) is 15.1 Å². The third-order valence-corrected chi connectivity index (χ3v) is 7.18. The minimum Gasteiger partial charge on any atom is -0.345 e. The van der Waals surface area contributed by atoms with Crippen molar-refractivity contribution < 1.29 is 13.6 Å². The van der Waals surface area contributed by atoms with Crippen molar-refractivity contribution in [3.8, 4) is 6.07 Å². The Morgan fingerprint density at radius 1 is 1.36 bits per heavy atom. The Labute approximate surface area is 165 Å². The lowest BCUT2D eigenvalue weighted by Crippen LogP contribution is -2.75. The van der Waals surface area contributed by atoms with E-state index in [4.69, 9.17) is 5.41 Å². The van der Waals surface area contributed by atoms with E-state index in [0.717, 1.165) is 17.4 Å². The number of hydrogen-bond donors (Lipinski definition) is 2. The molecule has 2 heterocycles. The van der Waals surface area contributed by atoms with Crippen LogP contribution in [0.25, 0.3) is 0 Å². The topological polar surface area (TPSA) is 80.0 Å². The number of guanidine groups is 1. The SMILES string of the molecule is CN1C(=N)N[C@](C)(c2ccc(C#N)s2)C2(Cc3ccc(C(C)(F)F)cc32)C1=O. The smallest absolute Gasteiger partial charge is 0.270 e. The molecule has 2 aromatic rings. The van der Waals surface area contributed by atoms with Crippen LogP contribution in [0.3, 0.4) is 0 Å². The second kappa shape index (κ2) is 5.61. The van der Waals surface area contributed by atoms with Crippen LogP contribution in [-0.2, 0) is 28.1 Å². The van der Waals surface area contributed by atoms with E-state index in [2.05, 4.69) is 11.4 Å². The number of likely N-dealkylation sites (N-methyl/N-ethyl adjacent to an activating group) is 1. The van der Waals surface area contributed by atoms with Crippen molar-refractivity contribution in [1.82, 2.24) is 10.2 Å². The lowest BCUT2D eigenvalue weighted by atomic mass is 9.52. The van der Waals surface area contributed by atoms with Gasteiger partial charge in [0.25, 0.3) is 5.92 Å². The summed E-state index contributed by atoms with van der Waals surface area (Å²) in [4.78, 5) is 15.9. The molecule has 1 aliphatic heterocycles. The number of thiophene rings is 1. The molecule has 28 heavy (non-hydrogen) atoms. The summed E-state index contributed by atoms with van der Waals surface area (Å²) in [5, 5.41) is 20.5. The molecule has 0 saturated carbocycles. The average molecular weight is 400 g/mol. The molecule has 1 unspecified atom stereocenters. The van der Waals surface area contributed by atoms with Crippen LogP contribution in [0.1, 0.15) is 40.3 Å². The van der Waals surface area contributed by atoms with Crippen molar-refractivity contribution in [2.45, 2.75) is 37.1 Å². The summed E-state index contributed by atoms with van der Waals surface area (Å²) in [5.74, 6) is -3.40. The van der Waals surface area contributed by atoms with E-state index in [9.17, 15) is 18.8 Å². The number of fused-ring (bicyclic) bond motifs is 2. The number of amides is 1. The number of carbonyl (C=O) groups excluding carboxylic acids is 1. The Hall–Kier alpha value is -2.79. The molecule has 1 aliphatic carbocycles. The standard InChI is InChI=1S/C20H18F2N4OS/c1-18(15-7-6-13(10-23)28-15)20(16(27)26(3)17(24)25-18)9-11-4-5-12(8-14(11)20)19(2,21)22/h4-8H,9H2,1-3H3,(H2,24,25)/t18-,20?/m1/s1. The highest BCUT2D eigenvalue weighted by molar-refractivity contribution is 7.12. The summed E-state index contributed by atoms with van der Waals surface area (Å²) in [5.41, 5.74) is -0.901. The molecule has 2 atom stereocenters. The van der Waals surface area contributed by atoms with E-state index in [0.29, 0.717) is 16.9 Å². The summed E-state index contributed by atoms with van der Waals surface area (Å²) in [6.45, 7) is 2.64. The average Bonchev–Trinajstić information content (AvgIpc) is 3.09. The molecular weight excluding hydrogens is 382 g/mol. The number of nitriles is 1. The lowest BCUT2D eigenvalue weighted by Gasteiger charge is -2.58. The van der Waals surface area contributed by atoms with Gasteiger partial charge >= 0.3 is 0 Å². The number of nitrogens with one attached hydrogen (secondary N) is 2. The zero-order chi connectivity index (χ0) is 20.5. The van der Waals surface area contributed by atoms with Crippen molar-refractivity contribution in [1.29, 1.82) is 10.7 Å². The number of hydrogen-bond acceptors (Lipinski definition) is 4. The van der Waals surface area contributed by atoms with Gasteiger partial charge in [0.05, 0.1) is 5.54 Å². The van der Waals surface area contributed by atoms with Crippen molar-refractivity contribution >= 4 is 23.2 Å². The summed E-state index contributed by atoms with van der Waals surface area (Å²) < 4.78 is 27.9. The van der Waals surface area contributed by atoms with E-state index < -0.39 is 16.9 Å². The first-order chi connectivity index (χ1) is 13.0. The van der Waals surface area contributed by atoms with Crippen LogP contribution in [0.4, 0.5) is 8.78 Å². The molecule has 1 aromatic carbocycles. The fourth-order valence-corrected chi connectivity index (χ4v) is 5.26. The molecular formula is C20H18F2N4OS. The van der Waals surface area contributed by atoms with Crippen LogP contribution in [0.15, 0.2) is 30.3 Å². The van der Waals surface area contributed by atoms with Crippen molar-refractivity contribution in [3.05, 3.63) is 56.8 Å². The molecule has 1 aromatic heterocycles. The van der Waals surface area contributed by atoms with E-state index in [-0.39, 0.29) is 17.4 Å². The molecule has 1 fully saturated rings. The third-order valence-electron chi connectivity index (χ3n) is 5.97. The Kier molecular flexibility index (Phi) is 3.72. The summed E-state index contributed by atoms with van der Waals surface area (Å²) >= 11 is 1.24. The molecule has 2 N–H and O–H groups in total. The second-order valence-corrected chi connectivity index (χ2v) is 8.66. The molecule has 8 heteroatoms. The monoisotopic (exact) mass is 400 g/mol. The zero-order valence-electron chi connectivity index (χ0n) is 15.6. The molecule has 0 radical (unpaired) electrons. The van der Waals surface area contributed by atoms with Crippen molar-refractivity contribution in [2.75, 3.05) is 7.05 Å². The minimum atomic E-state index is -3.02. The molecule has 2 aliphatic rings. The normalized spacial score (nSPS) is 26.5. The van der Waals surface area contributed by atoms with Crippen LogP contribution in [0.2, 0.25) is 0 Å². The van der Waals surface area contributed by atoms with Gasteiger partial charge in [-0.15, -0.1) is 11.3 Å². The second-order valence-electron chi connectivity index (χ2n) is 7.58. The highest BCUT2D eigenvalue weighted by atomic mass is 32.1. The number of nitrogens with zero attached hydrogens (tertiary/aromatic N) is 2. The molecule has 4 rings (SSSR count). The van der Waals surface area contributed by atoms with E-state index in [1.54, 1.807) is 25.1 Å². The number of carbonyl (C=O) groups is 1. The Morgan fingerprint density at radius 2 is 2.07 bits per heavy atom. The summed E-state index contributed by atoms with van der Waals surface area (Å²) in [7, 11) is 1.50. The quantitative estimate of drug-likeness (QED) is 0.810. The van der Waals surface area contributed by atoms with E-state index in [1.807, 2.05) is 0 Å². The molecule has 144 valence electrons. The lowest BCUT2D eigenvalue weighted by molar-refractivity contribution is -0.139. The van der Waals surface area contributed by atoms with Gasteiger partial charge in [0.15, 0.2) is 5.96 Å². The molecule has 0 bridgehead atoms. The first-order valence-corrected chi connectivity index (χ1v) is 9.53. The summed E-state index contributed by atoms with van der Waals surface area (Å²) in [6, 6.07) is 9.98. The van der Waals surface area contributed by atoms with Gasteiger partial charge in [0.2, 0.25) is 5.91 Å². The maximum Gasteiger partial charge on any atom is 0.270 e. The molecule has 1 saturated heterocycles. The minimum absolute atomic E-state index is 0.0598. The first-order valence-electron chi connectivity index (χ1n) is 8.71. The highest BCUT2D eigenvalue weighted by Crippen LogP contribution is 2.56. The Bertz CT molecular complexity index is 1070. The zero-order valence-corrected chi connectivity index (χ0v) is 16.4. The van der Waals surface area contributed by atoms with E-state index >= 15 is 0 Å². The van der Waals surface area contributed by atoms with E-state index in [1.165, 1.54) is 35.4 Å². The van der Waals surface area contributed by atoms with Crippen LogP contribution < -0.4 is 5.32 Å². The van der Waals surface area contributed by atoms with Gasteiger partial charge < -0.3 is 5.32 Å². The molecule has 5 nitrogen and oxygen atoms in total. The van der Waals surface area contributed by atoms with Gasteiger partial charge in [-0.1, -0.05) is 12.1 Å². The van der Waals surface area contributed by atoms with Gasteiger partial charge in [-0.25, -0.2) is 8.78 Å². The van der Waals surface area contributed by atoms with Gasteiger partial charge in [0.1, 0.15) is 16.4 Å². The van der Waals surface area contributed by atoms with Crippen molar-refractivity contribution in [3.63, 3.8) is 0 Å². The number of rotatable bonds is 2. The van der Waals surface area contributed by atoms with Gasteiger partial charge in [0, 0.05) is 24.4 Å². The van der Waals surface area contributed by atoms with Crippen molar-refractivity contribution in [2.24, 2.45) is 0 Å². The largest absolute Gasteiger partial charge is 0.345 e. The van der Waals surface area contributed by atoms with Gasteiger partial charge in [-0.2, -0.15) is 5.26 Å². The molecule has 1 spiro atoms. The van der Waals surface area contributed by atoms with Crippen LogP contribution in [0, 0.1) is 16.7 Å². The fourth-order valence-electron chi connectivity index (χ4n) is 4.28. The van der Waals surface area contributed by atoms with Crippen LogP contribution >= 0.6 is 11.3 Å². The molecule has 1 amide bonds. The summed E-state index contributed by atoms with van der Waals surface area (Å²) in [6.07, 6.45) is 0.373.